The summed E-state index contributed by atoms with van der Waals surface area (Å²) in [5, 5.41) is 8.61. The van der Waals surface area contributed by atoms with Crippen LogP contribution in [-0.4, -0.2) is 26.7 Å². The highest BCUT2D eigenvalue weighted by molar-refractivity contribution is 5.80. The van der Waals surface area contributed by atoms with E-state index in [0.717, 1.165) is 29.8 Å². The summed E-state index contributed by atoms with van der Waals surface area (Å²) >= 11 is 0. The van der Waals surface area contributed by atoms with Gasteiger partial charge in [0.15, 0.2) is 0 Å². The maximum atomic E-state index is 11.3. The smallest absolute Gasteiger partial charge is 0.260 e. The number of nitrogens with zero attached hydrogens (tertiary/aromatic N) is 2. The van der Waals surface area contributed by atoms with Gasteiger partial charge in [0.05, 0.1) is 17.1 Å². The first-order valence-electron chi connectivity index (χ1n) is 7.81. The van der Waals surface area contributed by atoms with E-state index in [1.165, 1.54) is 12.8 Å². The minimum Gasteiger partial charge on any atom is -0.328 e. The van der Waals surface area contributed by atoms with Gasteiger partial charge in [0.1, 0.15) is 5.82 Å². The molecule has 1 aromatic carbocycles. The first-order valence-corrected chi connectivity index (χ1v) is 7.81. The average molecular weight is 304 g/mol. The largest absolute Gasteiger partial charge is 0.328 e. The number of nitrogens with two attached hydrogens (primary N) is 1. The number of rotatable bonds is 8. The number of nitrogens with one attached hydrogen (secondary N) is 1. The molecule has 0 bridgehead atoms. The molecule has 120 valence electrons. The number of para-hydroxylation sites is 2. The SMILES string of the molecule is CCCCCn1c(CCC(N)C(=O)NO)nc2ccccc21. The second kappa shape index (κ2) is 7.91. The van der Waals surface area contributed by atoms with E-state index in [1.54, 1.807) is 5.48 Å². The van der Waals surface area contributed by atoms with Crippen LogP contribution in [0.25, 0.3) is 11.0 Å². The highest BCUT2D eigenvalue weighted by Crippen LogP contribution is 2.18. The lowest BCUT2D eigenvalue weighted by atomic mass is 10.1. The van der Waals surface area contributed by atoms with Crippen molar-refractivity contribution in [3.8, 4) is 0 Å². The molecule has 1 heterocycles. The number of hydrogen-bond acceptors (Lipinski definition) is 4. The molecule has 0 fully saturated rings. The summed E-state index contributed by atoms with van der Waals surface area (Å²) in [6.45, 7) is 3.10. The molecule has 2 aromatic rings. The quantitative estimate of drug-likeness (QED) is 0.395. The Morgan fingerprint density at radius 2 is 2.18 bits per heavy atom. The van der Waals surface area contributed by atoms with E-state index in [0.29, 0.717) is 12.8 Å². The Labute approximate surface area is 130 Å². The summed E-state index contributed by atoms with van der Waals surface area (Å²) in [6.07, 6.45) is 4.51. The van der Waals surface area contributed by atoms with Gasteiger partial charge in [-0.15, -0.1) is 0 Å². The number of benzene rings is 1. The molecule has 1 unspecified atom stereocenters. The van der Waals surface area contributed by atoms with Gasteiger partial charge in [0, 0.05) is 13.0 Å². The van der Waals surface area contributed by atoms with Gasteiger partial charge in [-0.3, -0.25) is 10.0 Å². The van der Waals surface area contributed by atoms with Gasteiger partial charge in [-0.2, -0.15) is 0 Å². The first kappa shape index (κ1) is 16.5. The predicted molar refractivity (Wildman–Crippen MR) is 85.5 cm³/mol. The molecule has 22 heavy (non-hydrogen) atoms. The van der Waals surface area contributed by atoms with E-state index in [-0.39, 0.29) is 0 Å². The van der Waals surface area contributed by atoms with Gasteiger partial charge in [-0.1, -0.05) is 31.9 Å². The van der Waals surface area contributed by atoms with Gasteiger partial charge < -0.3 is 10.3 Å². The highest BCUT2D eigenvalue weighted by atomic mass is 16.5. The summed E-state index contributed by atoms with van der Waals surface area (Å²) in [7, 11) is 0. The molecule has 1 aromatic heterocycles. The second-order valence-corrected chi connectivity index (χ2v) is 5.50. The normalized spacial score (nSPS) is 12.5. The number of aromatic nitrogens is 2. The third-order valence-corrected chi connectivity index (χ3v) is 3.84. The molecule has 4 N–H and O–H groups in total. The molecule has 0 saturated heterocycles. The minimum absolute atomic E-state index is 0.448. The lowest BCUT2D eigenvalue weighted by Gasteiger charge is -2.11. The van der Waals surface area contributed by atoms with Crippen molar-refractivity contribution in [2.75, 3.05) is 0 Å². The summed E-state index contributed by atoms with van der Waals surface area (Å²) < 4.78 is 2.22. The third-order valence-electron chi connectivity index (χ3n) is 3.84. The first-order chi connectivity index (χ1) is 10.7. The Morgan fingerprint density at radius 3 is 2.91 bits per heavy atom. The third kappa shape index (κ3) is 3.84. The van der Waals surface area contributed by atoms with Gasteiger partial charge >= 0.3 is 0 Å². The molecule has 0 saturated carbocycles. The Balaban J connectivity index is 2.16. The Hall–Kier alpha value is -1.92. The minimum atomic E-state index is -0.728. The second-order valence-electron chi connectivity index (χ2n) is 5.50. The Bertz CT molecular complexity index is 624. The van der Waals surface area contributed by atoms with Crippen molar-refractivity contribution in [1.29, 1.82) is 0 Å². The predicted octanol–water partition coefficient (Wildman–Crippen LogP) is 1.99. The van der Waals surface area contributed by atoms with Crippen LogP contribution in [0.5, 0.6) is 0 Å². The van der Waals surface area contributed by atoms with Crippen molar-refractivity contribution in [3.05, 3.63) is 30.1 Å². The summed E-state index contributed by atoms with van der Waals surface area (Å²) in [5.74, 6) is 0.382. The molecule has 0 radical (unpaired) electrons. The number of carbonyl (C=O) groups excluding carboxylic acids is 1. The number of carbonyl (C=O) groups is 1. The zero-order valence-electron chi connectivity index (χ0n) is 13.0. The molecule has 6 nitrogen and oxygen atoms in total. The van der Waals surface area contributed by atoms with E-state index < -0.39 is 11.9 Å². The molecule has 1 atom stereocenters. The van der Waals surface area contributed by atoms with Gasteiger partial charge in [0.25, 0.3) is 5.91 Å². The van der Waals surface area contributed by atoms with Crippen LogP contribution in [0.3, 0.4) is 0 Å². The van der Waals surface area contributed by atoms with Crippen molar-refractivity contribution in [2.45, 2.75) is 51.6 Å². The molecule has 0 aliphatic heterocycles. The van der Waals surface area contributed by atoms with Crippen LogP contribution in [0.1, 0.15) is 38.4 Å². The fraction of sp³-hybridized carbons (Fsp3) is 0.500. The van der Waals surface area contributed by atoms with E-state index >= 15 is 0 Å². The van der Waals surface area contributed by atoms with Crippen LogP contribution in [0, 0.1) is 0 Å². The van der Waals surface area contributed by atoms with Crippen LogP contribution in [0.15, 0.2) is 24.3 Å². The van der Waals surface area contributed by atoms with Gasteiger partial charge in [-0.05, 0) is 25.0 Å². The highest BCUT2D eigenvalue weighted by Gasteiger charge is 2.15. The zero-order chi connectivity index (χ0) is 15.9. The maximum absolute atomic E-state index is 11.3. The van der Waals surface area contributed by atoms with Crippen LogP contribution in [0.2, 0.25) is 0 Å². The number of unbranched alkanes of at least 4 members (excludes halogenated alkanes) is 2. The summed E-state index contributed by atoms with van der Waals surface area (Å²) in [5.41, 5.74) is 9.41. The van der Waals surface area contributed by atoms with Crippen LogP contribution >= 0.6 is 0 Å². The number of aryl methyl sites for hydroxylation is 2. The lowest BCUT2D eigenvalue weighted by molar-refractivity contribution is -0.130. The number of amides is 1. The van der Waals surface area contributed by atoms with Crippen molar-refractivity contribution < 1.29 is 10.0 Å². The van der Waals surface area contributed by atoms with Crippen molar-refractivity contribution >= 4 is 16.9 Å². The molecule has 6 heteroatoms. The number of fused-ring (bicyclic) bond motifs is 1. The average Bonchev–Trinajstić information content (AvgIpc) is 2.90. The van der Waals surface area contributed by atoms with E-state index in [4.69, 9.17) is 10.9 Å². The van der Waals surface area contributed by atoms with E-state index in [2.05, 4.69) is 22.5 Å². The molecule has 0 aliphatic rings. The monoisotopic (exact) mass is 304 g/mol. The fourth-order valence-electron chi connectivity index (χ4n) is 2.58. The molecular formula is C16H24N4O2. The van der Waals surface area contributed by atoms with E-state index in [1.807, 2.05) is 18.2 Å². The van der Waals surface area contributed by atoms with Gasteiger partial charge in [0.2, 0.25) is 0 Å². The summed E-state index contributed by atoms with van der Waals surface area (Å²) in [6, 6.07) is 7.32. The topological polar surface area (TPSA) is 93.2 Å². The molecular weight excluding hydrogens is 280 g/mol. The zero-order valence-corrected chi connectivity index (χ0v) is 13.0. The van der Waals surface area contributed by atoms with Crippen LogP contribution in [0.4, 0.5) is 0 Å². The number of imidazole rings is 1. The fourth-order valence-corrected chi connectivity index (χ4v) is 2.58. The summed E-state index contributed by atoms with van der Waals surface area (Å²) in [4.78, 5) is 15.9. The van der Waals surface area contributed by atoms with Crippen molar-refractivity contribution in [1.82, 2.24) is 15.0 Å². The van der Waals surface area contributed by atoms with Crippen LogP contribution in [-0.2, 0) is 17.8 Å². The van der Waals surface area contributed by atoms with Crippen molar-refractivity contribution in [2.24, 2.45) is 5.73 Å². The molecule has 0 spiro atoms. The Kier molecular flexibility index (Phi) is 5.91. The molecule has 0 aliphatic carbocycles. The van der Waals surface area contributed by atoms with Crippen LogP contribution < -0.4 is 11.2 Å². The Morgan fingerprint density at radius 1 is 1.41 bits per heavy atom. The maximum Gasteiger partial charge on any atom is 0.260 e. The van der Waals surface area contributed by atoms with Crippen molar-refractivity contribution in [3.63, 3.8) is 0 Å². The number of hydrogen-bond donors (Lipinski definition) is 3. The van der Waals surface area contributed by atoms with Gasteiger partial charge in [-0.25, -0.2) is 10.5 Å². The standard InChI is InChI=1S/C16H24N4O2/c1-2-3-6-11-20-14-8-5-4-7-13(14)18-15(20)10-9-12(17)16(21)19-22/h4-5,7-8,12,22H,2-3,6,9-11,17H2,1H3,(H,19,21). The molecule has 2 rings (SSSR count). The molecule has 1 amide bonds. The lowest BCUT2D eigenvalue weighted by Crippen LogP contribution is -2.39. The van der Waals surface area contributed by atoms with E-state index in [9.17, 15) is 4.79 Å². The number of hydroxylamine groups is 1.